The maximum atomic E-state index is 12.6. The largest absolute Gasteiger partial charge is 0.395 e. The number of halogens is 2. The van der Waals surface area contributed by atoms with Crippen molar-refractivity contribution in [3.8, 4) is 0 Å². The lowest BCUT2D eigenvalue weighted by Gasteiger charge is -2.25. The number of hydrogen-bond acceptors (Lipinski definition) is 3. The van der Waals surface area contributed by atoms with E-state index in [-0.39, 0.29) is 32.0 Å². The highest BCUT2D eigenvalue weighted by Gasteiger charge is 2.38. The number of alkyl halides is 2. The molecular formula is C17H22F2N2O3. The van der Waals surface area contributed by atoms with Gasteiger partial charge in [-0.15, -0.1) is 0 Å². The summed E-state index contributed by atoms with van der Waals surface area (Å²) in [5, 5.41) is 8.97. The van der Waals surface area contributed by atoms with Crippen molar-refractivity contribution in [1.29, 1.82) is 0 Å². The monoisotopic (exact) mass is 340 g/mol. The molecule has 132 valence electrons. The Hall–Kier alpha value is -2.02. The number of nitrogens with zero attached hydrogens (tertiary/aromatic N) is 2. The van der Waals surface area contributed by atoms with Gasteiger partial charge in [0.05, 0.1) is 19.1 Å². The molecule has 7 heteroatoms. The van der Waals surface area contributed by atoms with E-state index in [2.05, 4.69) is 0 Å². The van der Waals surface area contributed by atoms with Crippen molar-refractivity contribution < 1.29 is 23.5 Å². The van der Waals surface area contributed by atoms with Gasteiger partial charge < -0.3 is 14.9 Å². The number of aryl methyl sites for hydroxylation is 1. The van der Waals surface area contributed by atoms with Gasteiger partial charge in [0, 0.05) is 25.2 Å². The molecule has 0 aromatic heterocycles. The van der Waals surface area contributed by atoms with E-state index in [1.54, 1.807) is 4.90 Å². The smallest absolute Gasteiger partial charge is 0.255 e. The van der Waals surface area contributed by atoms with Crippen LogP contribution in [-0.4, -0.2) is 54.5 Å². The van der Waals surface area contributed by atoms with Gasteiger partial charge in [0.25, 0.3) is 6.43 Å². The van der Waals surface area contributed by atoms with Gasteiger partial charge in [0.2, 0.25) is 11.8 Å². The molecule has 1 aromatic carbocycles. The van der Waals surface area contributed by atoms with Crippen molar-refractivity contribution in [3.63, 3.8) is 0 Å². The highest BCUT2D eigenvalue weighted by molar-refractivity contribution is 6.00. The van der Waals surface area contributed by atoms with Gasteiger partial charge in [0.1, 0.15) is 0 Å². The van der Waals surface area contributed by atoms with Gasteiger partial charge in [-0.05, 0) is 31.0 Å². The van der Waals surface area contributed by atoms with Crippen LogP contribution in [0.2, 0.25) is 0 Å². The van der Waals surface area contributed by atoms with Crippen LogP contribution in [0.1, 0.15) is 17.5 Å². The molecule has 1 saturated heterocycles. The number of carbonyl (C=O) groups is 2. The van der Waals surface area contributed by atoms with Gasteiger partial charge in [0.15, 0.2) is 0 Å². The summed E-state index contributed by atoms with van der Waals surface area (Å²) in [6.07, 6.45) is -2.68. The summed E-state index contributed by atoms with van der Waals surface area (Å²) in [4.78, 5) is 27.2. The maximum Gasteiger partial charge on any atom is 0.255 e. The molecule has 1 aromatic rings. The zero-order valence-electron chi connectivity index (χ0n) is 13.8. The third-order valence-electron chi connectivity index (χ3n) is 4.38. The lowest BCUT2D eigenvalue weighted by Crippen LogP contribution is -2.41. The summed E-state index contributed by atoms with van der Waals surface area (Å²) in [5.74, 6) is -1.36. The quantitative estimate of drug-likeness (QED) is 0.858. The molecule has 0 spiro atoms. The Kier molecular flexibility index (Phi) is 5.88. The number of amides is 2. The van der Waals surface area contributed by atoms with E-state index in [4.69, 9.17) is 5.11 Å². The molecule has 0 radical (unpaired) electrons. The van der Waals surface area contributed by atoms with Crippen LogP contribution in [0, 0.1) is 19.8 Å². The maximum absolute atomic E-state index is 12.6. The van der Waals surface area contributed by atoms with Crippen molar-refractivity contribution >= 4 is 17.5 Å². The van der Waals surface area contributed by atoms with Crippen LogP contribution in [0.3, 0.4) is 0 Å². The number of aliphatic hydroxyl groups is 1. The van der Waals surface area contributed by atoms with Gasteiger partial charge in [-0.3, -0.25) is 9.59 Å². The highest BCUT2D eigenvalue weighted by Crippen LogP contribution is 2.30. The van der Waals surface area contributed by atoms with Gasteiger partial charge in [-0.1, -0.05) is 12.1 Å². The summed E-state index contributed by atoms with van der Waals surface area (Å²) < 4.78 is 25.2. The Bertz CT molecular complexity index is 622. The van der Waals surface area contributed by atoms with Gasteiger partial charge >= 0.3 is 0 Å². The molecule has 1 aliphatic rings. The molecule has 0 aliphatic carbocycles. The first kappa shape index (κ1) is 18.3. The summed E-state index contributed by atoms with van der Waals surface area (Å²) in [6.45, 7) is 2.74. The van der Waals surface area contributed by atoms with E-state index >= 15 is 0 Å². The molecule has 2 rings (SSSR count). The second-order valence-corrected chi connectivity index (χ2v) is 6.02. The molecule has 0 unspecified atom stereocenters. The fraction of sp³-hybridized carbons (Fsp3) is 0.529. The average molecular weight is 340 g/mol. The Morgan fingerprint density at radius 2 is 2.12 bits per heavy atom. The number of rotatable bonds is 6. The number of hydrogen-bond donors (Lipinski definition) is 1. The number of carbonyl (C=O) groups excluding carboxylic acids is 2. The average Bonchev–Trinajstić information content (AvgIpc) is 2.90. The molecule has 0 saturated carbocycles. The van der Waals surface area contributed by atoms with Crippen molar-refractivity contribution in [2.75, 3.05) is 31.1 Å². The SMILES string of the molecule is Cc1cccc(N2C[C@@H](C(=O)N(CCO)CC(F)F)CC2=O)c1C. The predicted molar refractivity (Wildman–Crippen MR) is 86.0 cm³/mol. The van der Waals surface area contributed by atoms with Crippen LogP contribution in [0.15, 0.2) is 18.2 Å². The molecule has 1 atom stereocenters. The second-order valence-electron chi connectivity index (χ2n) is 6.02. The first-order valence-electron chi connectivity index (χ1n) is 7.89. The second kappa shape index (κ2) is 7.70. The van der Waals surface area contributed by atoms with Gasteiger partial charge in [-0.2, -0.15) is 0 Å². The molecule has 24 heavy (non-hydrogen) atoms. The molecule has 1 fully saturated rings. The fourth-order valence-corrected chi connectivity index (χ4v) is 2.97. The molecule has 1 N–H and O–H groups in total. The molecule has 1 aliphatic heterocycles. The third-order valence-corrected chi connectivity index (χ3v) is 4.38. The minimum absolute atomic E-state index is 0.00260. The van der Waals surface area contributed by atoms with E-state index in [9.17, 15) is 18.4 Å². The molecule has 5 nitrogen and oxygen atoms in total. The van der Waals surface area contributed by atoms with Crippen LogP contribution in [0.4, 0.5) is 14.5 Å². The van der Waals surface area contributed by atoms with Crippen LogP contribution < -0.4 is 4.90 Å². The first-order valence-corrected chi connectivity index (χ1v) is 7.89. The summed E-state index contributed by atoms with van der Waals surface area (Å²) >= 11 is 0. The van der Waals surface area contributed by atoms with Crippen molar-refractivity contribution in [2.24, 2.45) is 5.92 Å². The Morgan fingerprint density at radius 1 is 1.42 bits per heavy atom. The standard InChI is InChI=1S/C17H22F2N2O3/c1-11-4-3-5-14(12(11)2)21-9-13(8-16(21)23)17(24)20(6-7-22)10-15(18)19/h3-5,13,15,22H,6-10H2,1-2H3/t13-/m0/s1. The van der Waals surface area contributed by atoms with Crippen molar-refractivity contribution in [2.45, 2.75) is 26.7 Å². The number of benzene rings is 1. The number of aliphatic hydroxyl groups excluding tert-OH is 1. The van der Waals surface area contributed by atoms with Crippen LogP contribution >= 0.6 is 0 Å². The van der Waals surface area contributed by atoms with Crippen LogP contribution in [-0.2, 0) is 9.59 Å². The van der Waals surface area contributed by atoms with E-state index in [0.29, 0.717) is 0 Å². The summed E-state index contributed by atoms with van der Waals surface area (Å²) in [6, 6.07) is 5.60. The Labute approximate surface area is 139 Å². The Morgan fingerprint density at radius 3 is 2.75 bits per heavy atom. The molecule has 2 amide bonds. The number of anilines is 1. The van der Waals surface area contributed by atoms with Crippen LogP contribution in [0.5, 0.6) is 0 Å². The molecular weight excluding hydrogens is 318 g/mol. The third kappa shape index (κ3) is 3.90. The predicted octanol–water partition coefficient (Wildman–Crippen LogP) is 1.74. The normalized spacial score (nSPS) is 17.7. The van der Waals surface area contributed by atoms with Crippen LogP contribution in [0.25, 0.3) is 0 Å². The summed E-state index contributed by atoms with van der Waals surface area (Å²) in [7, 11) is 0. The van der Waals surface area contributed by atoms with Gasteiger partial charge in [-0.25, -0.2) is 8.78 Å². The minimum Gasteiger partial charge on any atom is -0.395 e. The zero-order chi connectivity index (χ0) is 17.9. The van der Waals surface area contributed by atoms with E-state index in [1.807, 2.05) is 32.0 Å². The van der Waals surface area contributed by atoms with E-state index in [0.717, 1.165) is 21.7 Å². The van der Waals surface area contributed by atoms with E-state index in [1.165, 1.54) is 0 Å². The lowest BCUT2D eigenvalue weighted by atomic mass is 10.1. The Balaban J connectivity index is 2.16. The topological polar surface area (TPSA) is 60.9 Å². The molecule has 0 bridgehead atoms. The first-order chi connectivity index (χ1) is 11.3. The lowest BCUT2D eigenvalue weighted by molar-refractivity contribution is -0.138. The molecule has 1 heterocycles. The summed E-state index contributed by atoms with van der Waals surface area (Å²) in [5.41, 5.74) is 2.74. The fourth-order valence-electron chi connectivity index (χ4n) is 2.97. The zero-order valence-corrected chi connectivity index (χ0v) is 13.8. The van der Waals surface area contributed by atoms with Crippen molar-refractivity contribution in [3.05, 3.63) is 29.3 Å². The van der Waals surface area contributed by atoms with E-state index < -0.39 is 24.8 Å². The minimum atomic E-state index is -2.67. The van der Waals surface area contributed by atoms with Crippen molar-refractivity contribution in [1.82, 2.24) is 4.90 Å². The highest BCUT2D eigenvalue weighted by atomic mass is 19.3.